The molecule has 0 spiro atoms. The first-order chi connectivity index (χ1) is 7.09. The zero-order chi connectivity index (χ0) is 10.9. The van der Waals surface area contributed by atoms with Gasteiger partial charge in [0.1, 0.15) is 5.69 Å². The van der Waals surface area contributed by atoms with Gasteiger partial charge in [0.2, 0.25) is 0 Å². The minimum Gasteiger partial charge on any atom is -0.397 e. The van der Waals surface area contributed by atoms with E-state index in [1.54, 1.807) is 12.3 Å². The van der Waals surface area contributed by atoms with Gasteiger partial charge in [-0.05, 0) is 25.8 Å². The minimum atomic E-state index is -0.0592. The molecule has 1 aliphatic carbocycles. The number of carbonyl (C=O) groups excluding carboxylic acids is 1. The monoisotopic (exact) mass is 207 g/mol. The van der Waals surface area contributed by atoms with Gasteiger partial charge in [-0.15, -0.1) is 0 Å². The molecule has 0 aliphatic heterocycles. The largest absolute Gasteiger partial charge is 0.397 e. The maximum atomic E-state index is 11.8. The van der Waals surface area contributed by atoms with E-state index >= 15 is 0 Å². The van der Waals surface area contributed by atoms with Crippen LogP contribution in [0.15, 0.2) is 12.3 Å². The SMILES string of the molecule is CC1(NC(=O)c2cc(N)c[nH]2)CCCC1. The van der Waals surface area contributed by atoms with Crippen LogP contribution in [0.4, 0.5) is 5.69 Å². The second-order valence-corrected chi connectivity index (χ2v) is 4.57. The molecule has 0 aromatic carbocycles. The number of amides is 1. The Hall–Kier alpha value is -1.45. The molecule has 82 valence electrons. The topological polar surface area (TPSA) is 70.9 Å². The van der Waals surface area contributed by atoms with Gasteiger partial charge >= 0.3 is 0 Å². The molecular weight excluding hydrogens is 190 g/mol. The molecule has 1 aromatic rings. The third-order valence-electron chi connectivity index (χ3n) is 3.07. The van der Waals surface area contributed by atoms with Gasteiger partial charge in [0.15, 0.2) is 0 Å². The minimum absolute atomic E-state index is 0.0308. The summed E-state index contributed by atoms with van der Waals surface area (Å²) in [4.78, 5) is 14.7. The molecule has 0 saturated heterocycles. The predicted molar refractivity (Wildman–Crippen MR) is 59.5 cm³/mol. The van der Waals surface area contributed by atoms with Crippen molar-refractivity contribution in [3.8, 4) is 0 Å². The number of hydrogen-bond donors (Lipinski definition) is 3. The van der Waals surface area contributed by atoms with Gasteiger partial charge < -0.3 is 16.0 Å². The highest BCUT2D eigenvalue weighted by molar-refractivity contribution is 5.93. The van der Waals surface area contributed by atoms with Crippen molar-refractivity contribution in [2.24, 2.45) is 0 Å². The Morgan fingerprint density at radius 1 is 1.53 bits per heavy atom. The zero-order valence-corrected chi connectivity index (χ0v) is 8.97. The van der Waals surface area contributed by atoms with E-state index in [9.17, 15) is 4.79 Å². The lowest BCUT2D eigenvalue weighted by Gasteiger charge is -2.24. The number of carbonyl (C=O) groups is 1. The number of nitrogens with two attached hydrogens (primary N) is 1. The molecule has 4 N–H and O–H groups in total. The van der Waals surface area contributed by atoms with Crippen molar-refractivity contribution in [3.05, 3.63) is 18.0 Å². The molecule has 0 radical (unpaired) electrons. The molecule has 1 fully saturated rings. The van der Waals surface area contributed by atoms with Crippen LogP contribution in [-0.2, 0) is 0 Å². The van der Waals surface area contributed by atoms with Crippen molar-refractivity contribution < 1.29 is 4.79 Å². The van der Waals surface area contributed by atoms with Gasteiger partial charge in [0.25, 0.3) is 5.91 Å². The smallest absolute Gasteiger partial charge is 0.268 e. The molecule has 1 aromatic heterocycles. The van der Waals surface area contributed by atoms with E-state index in [4.69, 9.17) is 5.73 Å². The molecule has 0 bridgehead atoms. The van der Waals surface area contributed by atoms with E-state index in [1.807, 2.05) is 0 Å². The van der Waals surface area contributed by atoms with Crippen molar-refractivity contribution >= 4 is 11.6 Å². The van der Waals surface area contributed by atoms with Crippen LogP contribution in [0.5, 0.6) is 0 Å². The van der Waals surface area contributed by atoms with Crippen molar-refractivity contribution in [2.75, 3.05) is 5.73 Å². The third kappa shape index (κ3) is 2.14. The van der Waals surface area contributed by atoms with E-state index in [2.05, 4.69) is 17.2 Å². The summed E-state index contributed by atoms with van der Waals surface area (Å²) >= 11 is 0. The number of rotatable bonds is 2. The van der Waals surface area contributed by atoms with E-state index < -0.39 is 0 Å². The number of anilines is 1. The van der Waals surface area contributed by atoms with Gasteiger partial charge in [-0.1, -0.05) is 12.8 Å². The van der Waals surface area contributed by atoms with Gasteiger partial charge in [-0.3, -0.25) is 4.79 Å². The molecule has 2 rings (SSSR count). The molecule has 1 heterocycles. The summed E-state index contributed by atoms with van der Waals surface area (Å²) in [6, 6.07) is 1.66. The van der Waals surface area contributed by atoms with Crippen LogP contribution in [0, 0.1) is 0 Å². The predicted octanol–water partition coefficient (Wildman–Crippen LogP) is 1.66. The summed E-state index contributed by atoms with van der Waals surface area (Å²) in [5.74, 6) is -0.0592. The van der Waals surface area contributed by atoms with Gasteiger partial charge in [0.05, 0.1) is 0 Å². The summed E-state index contributed by atoms with van der Waals surface area (Å²) in [6.45, 7) is 2.10. The van der Waals surface area contributed by atoms with Crippen molar-refractivity contribution in [1.82, 2.24) is 10.3 Å². The fourth-order valence-electron chi connectivity index (χ4n) is 2.16. The molecule has 15 heavy (non-hydrogen) atoms. The summed E-state index contributed by atoms with van der Waals surface area (Å²) in [7, 11) is 0. The summed E-state index contributed by atoms with van der Waals surface area (Å²) in [6.07, 6.45) is 6.16. The number of hydrogen-bond acceptors (Lipinski definition) is 2. The number of nitrogen functional groups attached to an aromatic ring is 1. The van der Waals surface area contributed by atoms with Crippen LogP contribution in [0.1, 0.15) is 43.1 Å². The van der Waals surface area contributed by atoms with Gasteiger partial charge in [0, 0.05) is 17.4 Å². The average Bonchev–Trinajstić information content (AvgIpc) is 2.75. The Morgan fingerprint density at radius 3 is 2.73 bits per heavy atom. The Kier molecular flexibility index (Phi) is 2.42. The summed E-state index contributed by atoms with van der Waals surface area (Å²) < 4.78 is 0. The Labute approximate surface area is 89.2 Å². The normalized spacial score (nSPS) is 19.0. The lowest BCUT2D eigenvalue weighted by Crippen LogP contribution is -2.43. The van der Waals surface area contributed by atoms with E-state index in [0.717, 1.165) is 12.8 Å². The average molecular weight is 207 g/mol. The van der Waals surface area contributed by atoms with E-state index in [1.165, 1.54) is 12.8 Å². The Balaban J connectivity index is 2.03. The molecular formula is C11H17N3O. The van der Waals surface area contributed by atoms with Gasteiger partial charge in [-0.2, -0.15) is 0 Å². The third-order valence-corrected chi connectivity index (χ3v) is 3.07. The quantitative estimate of drug-likeness (QED) is 0.690. The summed E-state index contributed by atoms with van der Waals surface area (Å²) in [5.41, 5.74) is 6.65. The molecule has 0 atom stereocenters. The van der Waals surface area contributed by atoms with Crippen molar-refractivity contribution in [3.63, 3.8) is 0 Å². The number of H-pyrrole nitrogens is 1. The number of nitrogens with one attached hydrogen (secondary N) is 2. The second kappa shape index (κ2) is 3.61. The van der Waals surface area contributed by atoms with Crippen LogP contribution in [-0.4, -0.2) is 16.4 Å². The molecule has 4 nitrogen and oxygen atoms in total. The van der Waals surface area contributed by atoms with Crippen LogP contribution in [0.3, 0.4) is 0 Å². The van der Waals surface area contributed by atoms with Crippen LogP contribution < -0.4 is 11.1 Å². The van der Waals surface area contributed by atoms with Crippen molar-refractivity contribution in [1.29, 1.82) is 0 Å². The first-order valence-electron chi connectivity index (χ1n) is 5.35. The number of aromatic nitrogens is 1. The molecule has 4 heteroatoms. The fraction of sp³-hybridized carbons (Fsp3) is 0.545. The Bertz CT molecular complexity index is 364. The maximum absolute atomic E-state index is 11.8. The second-order valence-electron chi connectivity index (χ2n) is 4.57. The summed E-state index contributed by atoms with van der Waals surface area (Å²) in [5, 5.41) is 3.06. The lowest BCUT2D eigenvalue weighted by molar-refractivity contribution is 0.0903. The molecule has 0 unspecified atom stereocenters. The van der Waals surface area contributed by atoms with Crippen LogP contribution >= 0.6 is 0 Å². The molecule has 1 aliphatic rings. The van der Waals surface area contributed by atoms with E-state index in [-0.39, 0.29) is 11.4 Å². The first kappa shape index (κ1) is 10.1. The molecule has 1 amide bonds. The molecule has 1 saturated carbocycles. The van der Waals surface area contributed by atoms with Crippen LogP contribution in [0.25, 0.3) is 0 Å². The number of aromatic amines is 1. The fourth-order valence-corrected chi connectivity index (χ4v) is 2.16. The highest BCUT2D eigenvalue weighted by atomic mass is 16.2. The standard InChI is InChI=1S/C11H17N3O/c1-11(4-2-3-5-11)14-10(15)9-6-8(12)7-13-9/h6-7,13H,2-5,12H2,1H3,(H,14,15). The Morgan fingerprint density at radius 2 is 2.20 bits per heavy atom. The van der Waals surface area contributed by atoms with Crippen LogP contribution in [0.2, 0.25) is 0 Å². The highest BCUT2D eigenvalue weighted by Gasteiger charge is 2.30. The highest BCUT2D eigenvalue weighted by Crippen LogP contribution is 2.29. The maximum Gasteiger partial charge on any atom is 0.268 e. The van der Waals surface area contributed by atoms with Gasteiger partial charge in [-0.25, -0.2) is 0 Å². The first-order valence-corrected chi connectivity index (χ1v) is 5.35. The lowest BCUT2D eigenvalue weighted by atomic mass is 10.0. The van der Waals surface area contributed by atoms with E-state index in [0.29, 0.717) is 11.4 Å². The van der Waals surface area contributed by atoms with Crippen molar-refractivity contribution in [2.45, 2.75) is 38.1 Å². The zero-order valence-electron chi connectivity index (χ0n) is 8.97.